The molecule has 11 nitrogen and oxygen atoms in total. The fourth-order valence-corrected chi connectivity index (χ4v) is 8.73. The van der Waals surface area contributed by atoms with Crippen molar-refractivity contribution >= 4 is 23.8 Å². The Morgan fingerprint density at radius 2 is 0.631 bits per heavy atom. The Morgan fingerprint density at radius 1 is 0.338 bits per heavy atom. The molecule has 0 aromatic carbocycles. The van der Waals surface area contributed by atoms with Gasteiger partial charge in [-0.1, -0.05) is 169 Å². The number of piperazine rings is 1. The number of ether oxygens (including phenoxy) is 2. The van der Waals surface area contributed by atoms with Crippen molar-refractivity contribution in [2.24, 2.45) is 0 Å². The van der Waals surface area contributed by atoms with E-state index in [0.29, 0.717) is 78.3 Å². The predicted molar refractivity (Wildman–Crippen MR) is 271 cm³/mol. The smallest absolute Gasteiger partial charge is 0.305 e. The van der Waals surface area contributed by atoms with E-state index in [2.05, 4.69) is 49.3 Å². The monoisotopic (exact) mass is 920 g/mol. The molecule has 0 unspecified atom stereocenters. The van der Waals surface area contributed by atoms with Gasteiger partial charge in [0.1, 0.15) is 0 Å². The zero-order valence-corrected chi connectivity index (χ0v) is 43.5. The van der Waals surface area contributed by atoms with Gasteiger partial charge in [-0.15, -0.1) is 0 Å². The minimum atomic E-state index is -0.136. The number of rotatable bonds is 46. The van der Waals surface area contributed by atoms with Crippen LogP contribution in [0, 0.1) is 0 Å². The molecule has 0 aromatic rings. The highest BCUT2D eigenvalue weighted by Crippen LogP contribution is 2.13. The maximum Gasteiger partial charge on any atom is 0.305 e. The van der Waals surface area contributed by atoms with Gasteiger partial charge in [0.05, 0.1) is 26.3 Å². The minimum absolute atomic E-state index is 0.0878. The summed E-state index contributed by atoms with van der Waals surface area (Å²) in [4.78, 5) is 63.5. The van der Waals surface area contributed by atoms with Gasteiger partial charge in [-0.05, 0) is 77.7 Å². The highest BCUT2D eigenvalue weighted by molar-refractivity contribution is 5.80. The Balaban J connectivity index is 2.84. The molecule has 382 valence electrons. The van der Waals surface area contributed by atoms with E-state index in [9.17, 15) is 19.2 Å². The number of nitrogens with zero attached hydrogens (tertiary/aromatic N) is 5. The molecular weight excluding hydrogens is 815 g/mol. The van der Waals surface area contributed by atoms with E-state index in [4.69, 9.17) is 9.47 Å². The molecule has 1 fully saturated rings. The van der Waals surface area contributed by atoms with Gasteiger partial charge in [-0.3, -0.25) is 29.0 Å². The largest absolute Gasteiger partial charge is 0.466 e. The van der Waals surface area contributed by atoms with Crippen molar-refractivity contribution in [2.45, 2.75) is 227 Å². The molecule has 1 aliphatic heterocycles. The van der Waals surface area contributed by atoms with E-state index in [-0.39, 0.29) is 23.8 Å². The first-order chi connectivity index (χ1) is 31.8. The Kier molecular flexibility index (Phi) is 41.4. The molecule has 0 aromatic heterocycles. The molecule has 1 heterocycles. The second kappa shape index (κ2) is 44.3. The maximum absolute atomic E-state index is 14.0. The van der Waals surface area contributed by atoms with E-state index in [1.165, 1.54) is 109 Å². The average Bonchev–Trinajstić information content (AvgIpc) is 3.30. The van der Waals surface area contributed by atoms with Gasteiger partial charge in [0.2, 0.25) is 11.8 Å². The molecule has 0 atom stereocenters. The zero-order valence-electron chi connectivity index (χ0n) is 43.5. The van der Waals surface area contributed by atoms with Crippen LogP contribution in [0.25, 0.3) is 0 Å². The molecule has 1 saturated heterocycles. The van der Waals surface area contributed by atoms with Crippen LogP contribution in [0.5, 0.6) is 0 Å². The quantitative estimate of drug-likeness (QED) is 0.0436. The molecule has 1 rings (SSSR count). The predicted octanol–water partition coefficient (Wildman–Crippen LogP) is 11.5. The standard InChI is InChI=1S/C54H105N5O6/c1-6-11-16-19-22-25-28-36-55(39-32-34-53(62)64-47-15-10-5)41-42-57(38-30-27-24-21-18-13-8-3)50-52(61)59-45-43-58(44-46-59)51(60)49-56(37-29-26-23-20-17-12-7-2)40-33-35-54(63)65-48-31-14-9-4/h6-50H2,1-5H3. The van der Waals surface area contributed by atoms with Crippen LogP contribution in [0.3, 0.4) is 0 Å². The first-order valence-electron chi connectivity index (χ1n) is 27.8. The van der Waals surface area contributed by atoms with Crippen LogP contribution in [0.2, 0.25) is 0 Å². The number of hydrogen-bond acceptors (Lipinski definition) is 9. The Labute approximate surface area is 401 Å². The van der Waals surface area contributed by atoms with Crippen LogP contribution >= 0.6 is 0 Å². The summed E-state index contributed by atoms with van der Waals surface area (Å²) in [5, 5.41) is 0. The van der Waals surface area contributed by atoms with Crippen molar-refractivity contribution in [1.82, 2.24) is 24.5 Å². The van der Waals surface area contributed by atoms with Crippen LogP contribution in [-0.2, 0) is 28.7 Å². The number of amides is 2. The summed E-state index contributed by atoms with van der Waals surface area (Å²) in [5.74, 6) is 0.0615. The van der Waals surface area contributed by atoms with Crippen LogP contribution in [-0.4, -0.2) is 147 Å². The SMILES string of the molecule is CCCCCCCCCN(CCCC(=O)OCCCC)CCN(CCCCCCCCC)CC(=O)N1CCN(C(=O)CN(CCCCCCCCC)CCCC(=O)OCCCCC)CC1. The van der Waals surface area contributed by atoms with Crippen molar-refractivity contribution in [2.75, 3.05) is 98.3 Å². The van der Waals surface area contributed by atoms with Gasteiger partial charge in [-0.2, -0.15) is 0 Å². The highest BCUT2D eigenvalue weighted by atomic mass is 16.5. The van der Waals surface area contributed by atoms with Crippen molar-refractivity contribution in [3.05, 3.63) is 0 Å². The van der Waals surface area contributed by atoms with Gasteiger partial charge in [0.25, 0.3) is 0 Å². The second-order valence-electron chi connectivity index (χ2n) is 19.2. The van der Waals surface area contributed by atoms with E-state index in [1.54, 1.807) is 0 Å². The Hall–Kier alpha value is -2.24. The van der Waals surface area contributed by atoms with Crippen LogP contribution in [0.1, 0.15) is 227 Å². The second-order valence-corrected chi connectivity index (χ2v) is 19.2. The van der Waals surface area contributed by atoms with Gasteiger partial charge in [0, 0.05) is 52.1 Å². The third-order valence-electron chi connectivity index (χ3n) is 13.2. The molecule has 11 heteroatoms. The van der Waals surface area contributed by atoms with E-state index in [1.807, 2.05) is 9.80 Å². The zero-order chi connectivity index (χ0) is 47.4. The molecule has 0 bridgehead atoms. The summed E-state index contributed by atoms with van der Waals surface area (Å²) in [6.07, 6.45) is 33.5. The Bertz CT molecular complexity index is 1130. The summed E-state index contributed by atoms with van der Waals surface area (Å²) in [7, 11) is 0. The first kappa shape index (κ1) is 60.8. The number of unbranched alkanes of at least 4 members (excludes halogenated alkanes) is 21. The van der Waals surface area contributed by atoms with Gasteiger partial charge >= 0.3 is 11.9 Å². The summed E-state index contributed by atoms with van der Waals surface area (Å²) in [6.45, 7) is 21.2. The number of esters is 2. The average molecular weight is 920 g/mol. The first-order valence-corrected chi connectivity index (χ1v) is 27.8. The molecule has 0 aliphatic carbocycles. The lowest BCUT2D eigenvalue weighted by molar-refractivity contribution is -0.144. The summed E-state index contributed by atoms with van der Waals surface area (Å²) >= 11 is 0. The number of carbonyl (C=O) groups excluding carboxylic acids is 4. The molecule has 0 spiro atoms. The molecular formula is C54H105N5O6. The van der Waals surface area contributed by atoms with Crippen molar-refractivity contribution in [3.8, 4) is 0 Å². The fourth-order valence-electron chi connectivity index (χ4n) is 8.73. The lowest BCUT2D eigenvalue weighted by atomic mass is 10.1. The van der Waals surface area contributed by atoms with Gasteiger partial charge in [-0.25, -0.2) is 0 Å². The molecule has 1 aliphatic rings. The van der Waals surface area contributed by atoms with E-state index >= 15 is 0 Å². The van der Waals surface area contributed by atoms with Crippen LogP contribution in [0.4, 0.5) is 0 Å². The third-order valence-corrected chi connectivity index (χ3v) is 13.2. The lowest BCUT2D eigenvalue weighted by Crippen LogP contribution is -2.54. The molecule has 2 amide bonds. The lowest BCUT2D eigenvalue weighted by Gasteiger charge is -2.37. The van der Waals surface area contributed by atoms with Crippen LogP contribution in [0.15, 0.2) is 0 Å². The fraction of sp³-hybridized carbons (Fsp3) is 0.926. The molecule has 0 N–H and O–H groups in total. The molecule has 0 radical (unpaired) electrons. The number of carbonyl (C=O) groups is 4. The van der Waals surface area contributed by atoms with E-state index < -0.39 is 0 Å². The summed E-state index contributed by atoms with van der Waals surface area (Å²) in [5.41, 5.74) is 0. The minimum Gasteiger partial charge on any atom is -0.466 e. The van der Waals surface area contributed by atoms with Crippen LogP contribution < -0.4 is 0 Å². The Morgan fingerprint density at radius 3 is 1.05 bits per heavy atom. The summed E-state index contributed by atoms with van der Waals surface area (Å²) < 4.78 is 10.9. The topological polar surface area (TPSA) is 103 Å². The van der Waals surface area contributed by atoms with Crippen molar-refractivity contribution in [3.63, 3.8) is 0 Å². The van der Waals surface area contributed by atoms with Gasteiger partial charge in [0.15, 0.2) is 0 Å². The van der Waals surface area contributed by atoms with Crippen molar-refractivity contribution in [1.29, 1.82) is 0 Å². The number of hydrogen-bond donors (Lipinski definition) is 0. The van der Waals surface area contributed by atoms with Crippen molar-refractivity contribution < 1.29 is 28.7 Å². The highest BCUT2D eigenvalue weighted by Gasteiger charge is 2.26. The van der Waals surface area contributed by atoms with E-state index in [0.717, 1.165) is 103 Å². The third kappa shape index (κ3) is 35.6. The molecule has 65 heavy (non-hydrogen) atoms. The summed E-state index contributed by atoms with van der Waals surface area (Å²) in [6, 6.07) is 0. The maximum atomic E-state index is 14.0. The molecule has 0 saturated carbocycles. The normalized spacial score (nSPS) is 13.1. The van der Waals surface area contributed by atoms with Gasteiger partial charge < -0.3 is 24.2 Å².